The number of rotatable bonds is 63. The molecular formula is C68H130O8. The first-order valence-electron chi connectivity index (χ1n) is 34.1. The van der Waals surface area contributed by atoms with Gasteiger partial charge in [0.25, 0.3) is 0 Å². The van der Waals surface area contributed by atoms with Crippen LogP contribution in [0.5, 0.6) is 0 Å². The van der Waals surface area contributed by atoms with E-state index in [2.05, 4.69) is 27.7 Å². The first-order valence-corrected chi connectivity index (χ1v) is 34.1. The van der Waals surface area contributed by atoms with E-state index in [0.29, 0.717) is 12.8 Å². The van der Waals surface area contributed by atoms with Crippen molar-refractivity contribution >= 4 is 23.9 Å². The van der Waals surface area contributed by atoms with Crippen molar-refractivity contribution in [3.63, 3.8) is 0 Å². The Balaban J connectivity index is 5.37. The number of carbonyl (C=O) groups is 4. The van der Waals surface area contributed by atoms with Gasteiger partial charge in [0.1, 0.15) is 13.2 Å². The topological polar surface area (TPSA) is 105 Å². The van der Waals surface area contributed by atoms with Gasteiger partial charge in [0, 0.05) is 25.7 Å². The maximum Gasteiger partial charge on any atom is 0.306 e. The van der Waals surface area contributed by atoms with Crippen LogP contribution in [0.3, 0.4) is 0 Å². The van der Waals surface area contributed by atoms with E-state index in [0.717, 1.165) is 64.2 Å². The van der Waals surface area contributed by atoms with Gasteiger partial charge in [-0.3, -0.25) is 19.2 Å². The van der Waals surface area contributed by atoms with Gasteiger partial charge >= 0.3 is 23.9 Å². The van der Waals surface area contributed by atoms with E-state index in [1.165, 1.54) is 257 Å². The Kier molecular flexibility index (Phi) is 60.4. The Hall–Kier alpha value is -2.12. The zero-order valence-electron chi connectivity index (χ0n) is 51.4. The molecule has 76 heavy (non-hydrogen) atoms. The average Bonchev–Trinajstić information content (AvgIpc) is 3.41. The number of esters is 4. The molecule has 0 aliphatic rings. The molecule has 0 aromatic carbocycles. The lowest BCUT2D eigenvalue weighted by Gasteiger charge is -2.27. The van der Waals surface area contributed by atoms with Crippen molar-refractivity contribution in [3.05, 3.63) is 0 Å². The minimum atomic E-state index is -1.06. The molecule has 0 heterocycles. The van der Waals surface area contributed by atoms with Crippen LogP contribution in [0.1, 0.15) is 387 Å². The lowest BCUT2D eigenvalue weighted by molar-refractivity contribution is -0.183. The van der Waals surface area contributed by atoms with Crippen molar-refractivity contribution in [2.45, 2.75) is 399 Å². The molecule has 2 atom stereocenters. The van der Waals surface area contributed by atoms with Crippen molar-refractivity contribution in [2.75, 3.05) is 13.2 Å². The third kappa shape index (κ3) is 56.6. The minimum absolute atomic E-state index is 0.236. The van der Waals surface area contributed by atoms with Crippen LogP contribution in [0.4, 0.5) is 0 Å². The van der Waals surface area contributed by atoms with Crippen molar-refractivity contribution in [1.29, 1.82) is 0 Å². The highest BCUT2D eigenvalue weighted by Crippen LogP contribution is 2.20. The summed E-state index contributed by atoms with van der Waals surface area (Å²) in [5.41, 5.74) is 0. The third-order valence-corrected chi connectivity index (χ3v) is 15.7. The molecule has 8 nitrogen and oxygen atoms in total. The summed E-state index contributed by atoms with van der Waals surface area (Å²) in [4.78, 5) is 53.3. The molecule has 0 bridgehead atoms. The molecule has 0 spiro atoms. The second kappa shape index (κ2) is 62.1. The van der Waals surface area contributed by atoms with Gasteiger partial charge in [-0.05, 0) is 25.7 Å². The number of unbranched alkanes of at least 4 members (excludes halogenated alkanes) is 48. The normalized spacial score (nSPS) is 12.2. The van der Waals surface area contributed by atoms with E-state index in [9.17, 15) is 19.2 Å². The van der Waals surface area contributed by atoms with Crippen LogP contribution in [0.15, 0.2) is 0 Å². The number of carbonyl (C=O) groups excluding carboxylic acids is 4. The minimum Gasteiger partial charge on any atom is -0.462 e. The maximum atomic E-state index is 13.5. The fourth-order valence-electron chi connectivity index (χ4n) is 10.5. The zero-order valence-corrected chi connectivity index (χ0v) is 51.4. The molecule has 0 aliphatic carbocycles. The van der Waals surface area contributed by atoms with Gasteiger partial charge in [-0.2, -0.15) is 0 Å². The van der Waals surface area contributed by atoms with Crippen molar-refractivity contribution in [2.24, 2.45) is 0 Å². The average molecular weight is 1080 g/mol. The SMILES string of the molecule is CCCCCCCCCCCCCCCC(=O)OCC(OC(=O)CCCCCCCCCCCCCCC)C(COC(=O)CCCCCCCCCCCCCCC)OC(=O)CCCCCCCCCCCCCCC. The molecular weight excluding hydrogens is 945 g/mol. The van der Waals surface area contributed by atoms with E-state index >= 15 is 0 Å². The molecule has 0 rings (SSSR count). The van der Waals surface area contributed by atoms with Crippen LogP contribution in [-0.4, -0.2) is 49.3 Å². The molecule has 0 saturated carbocycles. The monoisotopic (exact) mass is 1070 g/mol. The van der Waals surface area contributed by atoms with Gasteiger partial charge in [-0.1, -0.05) is 336 Å². The number of hydrogen-bond acceptors (Lipinski definition) is 8. The van der Waals surface area contributed by atoms with Crippen molar-refractivity contribution in [1.82, 2.24) is 0 Å². The molecule has 450 valence electrons. The Labute approximate surface area is 472 Å². The summed E-state index contributed by atoms with van der Waals surface area (Å²) in [6.07, 6.45) is 62.3. The quantitative estimate of drug-likeness (QED) is 0.0337. The number of ether oxygens (including phenoxy) is 4. The van der Waals surface area contributed by atoms with Crippen molar-refractivity contribution in [3.8, 4) is 0 Å². The predicted molar refractivity (Wildman–Crippen MR) is 323 cm³/mol. The van der Waals surface area contributed by atoms with Crippen LogP contribution >= 0.6 is 0 Å². The molecule has 0 fully saturated rings. The second-order valence-electron chi connectivity index (χ2n) is 23.4. The van der Waals surface area contributed by atoms with E-state index in [-0.39, 0.29) is 50.8 Å². The Morgan fingerprint density at radius 1 is 0.211 bits per heavy atom. The van der Waals surface area contributed by atoms with Gasteiger partial charge in [0.05, 0.1) is 0 Å². The lowest BCUT2D eigenvalue weighted by atomic mass is 10.0. The Bertz CT molecular complexity index is 1130. The molecule has 0 aromatic heterocycles. The summed E-state index contributed by atoms with van der Waals surface area (Å²) in [6.45, 7) is 8.57. The molecule has 8 heteroatoms. The van der Waals surface area contributed by atoms with Crippen molar-refractivity contribution < 1.29 is 38.1 Å². The second-order valence-corrected chi connectivity index (χ2v) is 23.4. The van der Waals surface area contributed by atoms with Gasteiger partial charge < -0.3 is 18.9 Å². The van der Waals surface area contributed by atoms with E-state index in [1.54, 1.807) is 0 Å². The highest BCUT2D eigenvalue weighted by molar-refractivity contribution is 5.72. The van der Waals surface area contributed by atoms with E-state index in [1.807, 2.05) is 0 Å². The van der Waals surface area contributed by atoms with Gasteiger partial charge in [-0.25, -0.2) is 0 Å². The number of hydrogen-bond donors (Lipinski definition) is 0. The maximum absolute atomic E-state index is 13.5. The summed E-state index contributed by atoms with van der Waals surface area (Å²) >= 11 is 0. The van der Waals surface area contributed by atoms with E-state index < -0.39 is 24.1 Å². The highest BCUT2D eigenvalue weighted by atomic mass is 16.6. The largest absolute Gasteiger partial charge is 0.462 e. The summed E-state index contributed by atoms with van der Waals surface area (Å²) in [5, 5.41) is 0. The van der Waals surface area contributed by atoms with Gasteiger partial charge in [-0.15, -0.1) is 0 Å². The van der Waals surface area contributed by atoms with Crippen LogP contribution in [0.25, 0.3) is 0 Å². The summed E-state index contributed by atoms with van der Waals surface area (Å²) < 4.78 is 23.7. The molecule has 0 N–H and O–H groups in total. The van der Waals surface area contributed by atoms with Gasteiger partial charge in [0.2, 0.25) is 0 Å². The highest BCUT2D eigenvalue weighted by Gasteiger charge is 2.32. The predicted octanol–water partition coefficient (Wildman–Crippen LogP) is 21.8. The molecule has 2 unspecified atom stereocenters. The lowest BCUT2D eigenvalue weighted by Crippen LogP contribution is -2.42. The van der Waals surface area contributed by atoms with Crippen LogP contribution in [-0.2, 0) is 38.1 Å². The molecule has 0 amide bonds. The standard InChI is InChI=1S/C68H130O8/c1-5-9-13-17-21-25-29-33-37-41-45-49-53-57-65(69)73-61-63(75-67(71)59-55-51-47-43-39-35-31-27-23-19-15-11-7-3)64(76-68(72)60-56-52-48-44-40-36-32-28-24-20-16-12-8-4)62-74-66(70)58-54-50-46-42-38-34-30-26-22-18-14-10-6-2/h63-64H,5-62H2,1-4H3. The Morgan fingerprint density at radius 2 is 0.355 bits per heavy atom. The van der Waals surface area contributed by atoms with Crippen LogP contribution in [0, 0.1) is 0 Å². The van der Waals surface area contributed by atoms with Crippen LogP contribution in [0.2, 0.25) is 0 Å². The fraction of sp³-hybridized carbons (Fsp3) is 0.941. The molecule has 0 aromatic rings. The molecule has 0 aliphatic heterocycles. The summed E-state index contributed by atoms with van der Waals surface area (Å²) in [5.74, 6) is -1.51. The van der Waals surface area contributed by atoms with Gasteiger partial charge in [0.15, 0.2) is 12.2 Å². The molecule has 0 saturated heterocycles. The Morgan fingerprint density at radius 3 is 0.526 bits per heavy atom. The first-order chi connectivity index (χ1) is 37.4. The summed E-state index contributed by atoms with van der Waals surface area (Å²) in [7, 11) is 0. The first kappa shape index (κ1) is 73.9. The molecule has 0 radical (unpaired) electrons. The van der Waals surface area contributed by atoms with Crippen LogP contribution < -0.4 is 0 Å². The smallest absolute Gasteiger partial charge is 0.306 e. The summed E-state index contributed by atoms with van der Waals surface area (Å²) in [6, 6.07) is 0. The van der Waals surface area contributed by atoms with E-state index in [4.69, 9.17) is 18.9 Å². The third-order valence-electron chi connectivity index (χ3n) is 15.7. The fourth-order valence-corrected chi connectivity index (χ4v) is 10.5. The zero-order chi connectivity index (χ0) is 55.3.